The van der Waals surface area contributed by atoms with Gasteiger partial charge in [0, 0.05) is 61.0 Å². The van der Waals surface area contributed by atoms with Crippen LogP contribution in [0.2, 0.25) is 0 Å². The van der Waals surface area contributed by atoms with Crippen molar-refractivity contribution < 1.29 is 22.8 Å². The zero-order valence-electron chi connectivity index (χ0n) is 25.2. The van der Waals surface area contributed by atoms with Gasteiger partial charge in [-0.3, -0.25) is 23.5 Å². The number of amides is 2. The van der Waals surface area contributed by atoms with Gasteiger partial charge in [-0.15, -0.1) is 5.10 Å². The largest absolute Gasteiger partial charge is 0.416 e. The van der Waals surface area contributed by atoms with Crippen molar-refractivity contribution in [2.75, 3.05) is 6.54 Å². The smallest absolute Gasteiger partial charge is 0.370 e. The summed E-state index contributed by atoms with van der Waals surface area (Å²) in [5, 5.41) is 17.6. The second-order valence-corrected chi connectivity index (χ2v) is 11.3. The number of unbranched alkanes of at least 4 members (excludes halogenated alkanes) is 5. The van der Waals surface area contributed by atoms with Crippen molar-refractivity contribution in [3.8, 4) is 5.69 Å². The number of hydrogen-bond acceptors (Lipinski definition) is 5. The summed E-state index contributed by atoms with van der Waals surface area (Å²) in [6.45, 7) is 1.34. The van der Waals surface area contributed by atoms with Crippen LogP contribution in [-0.2, 0) is 31.0 Å². The predicted molar refractivity (Wildman–Crippen MR) is 165 cm³/mol. The maximum absolute atomic E-state index is 13.1. The molecule has 0 saturated carbocycles. The molecule has 13 heteroatoms. The van der Waals surface area contributed by atoms with Gasteiger partial charge >= 0.3 is 6.18 Å². The van der Waals surface area contributed by atoms with Crippen LogP contribution in [0.5, 0.6) is 0 Å². The molecular weight excluding hydrogens is 585 g/mol. The van der Waals surface area contributed by atoms with Gasteiger partial charge in [0.1, 0.15) is 0 Å². The Kier molecular flexibility index (Phi) is 9.84. The van der Waals surface area contributed by atoms with Crippen molar-refractivity contribution in [2.24, 2.45) is 12.8 Å². The minimum atomic E-state index is -4.42. The van der Waals surface area contributed by atoms with Gasteiger partial charge in [0.15, 0.2) is 5.65 Å². The normalized spacial score (nSPS) is 11.9. The topological polar surface area (TPSA) is 126 Å². The number of alkyl halides is 3. The number of aromatic nitrogens is 6. The van der Waals surface area contributed by atoms with E-state index in [1.807, 2.05) is 33.8 Å². The number of aryl methyl sites for hydroxylation is 3. The zero-order chi connectivity index (χ0) is 32.0. The lowest BCUT2D eigenvalue weighted by atomic mass is 10.1. The first kappa shape index (κ1) is 31.7. The van der Waals surface area contributed by atoms with Crippen LogP contribution in [-0.4, -0.2) is 47.7 Å². The summed E-state index contributed by atoms with van der Waals surface area (Å²) < 4.78 is 44.7. The van der Waals surface area contributed by atoms with E-state index in [0.29, 0.717) is 29.9 Å². The average molecular weight is 623 g/mol. The highest BCUT2D eigenvalue weighted by atomic mass is 19.4. The van der Waals surface area contributed by atoms with E-state index < -0.39 is 11.7 Å². The maximum atomic E-state index is 13.1. The van der Waals surface area contributed by atoms with Crippen LogP contribution < -0.4 is 11.1 Å². The quantitative estimate of drug-likeness (QED) is 0.145. The molecule has 45 heavy (non-hydrogen) atoms. The lowest BCUT2D eigenvalue weighted by molar-refractivity contribution is -0.137. The molecule has 10 nitrogen and oxygen atoms in total. The summed E-state index contributed by atoms with van der Waals surface area (Å²) in [5.74, 6) is -0.441. The van der Waals surface area contributed by atoms with Gasteiger partial charge in [-0.2, -0.15) is 18.3 Å². The Balaban J connectivity index is 1.10. The summed E-state index contributed by atoms with van der Waals surface area (Å²) in [5.41, 5.74) is 7.81. The number of rotatable bonds is 15. The summed E-state index contributed by atoms with van der Waals surface area (Å²) in [4.78, 5) is 23.8. The second-order valence-electron chi connectivity index (χ2n) is 11.3. The highest BCUT2D eigenvalue weighted by Crippen LogP contribution is 2.34. The highest BCUT2D eigenvalue weighted by molar-refractivity contribution is 6.10. The van der Waals surface area contributed by atoms with Crippen LogP contribution >= 0.6 is 0 Å². The predicted octanol–water partition coefficient (Wildman–Crippen LogP) is 5.71. The standard InChI is InChI=1S/C32H37F3N8O2/c1-41-21-27-26-19-22(11-16-28(26)43(30(27)39-41)25-14-12-23(13-15-25)32(33,34)35)31(45)37-17-7-2-3-8-18-42-20-24(38-40-42)9-5-4-6-10-29(36)44/h11-16,19-21H,2-10,17-18H2,1H3,(H2,36,44)(H,37,45). The molecule has 0 aliphatic carbocycles. The minimum Gasteiger partial charge on any atom is -0.370 e. The van der Waals surface area contributed by atoms with E-state index in [9.17, 15) is 22.8 Å². The van der Waals surface area contributed by atoms with Crippen molar-refractivity contribution >= 4 is 33.8 Å². The second kappa shape index (κ2) is 14.0. The number of hydrogen-bond donors (Lipinski definition) is 2. The van der Waals surface area contributed by atoms with Crippen LogP contribution in [0.4, 0.5) is 13.2 Å². The molecule has 0 spiro atoms. The molecule has 3 heterocycles. The minimum absolute atomic E-state index is 0.180. The number of carbonyl (C=O) groups is 2. The molecule has 0 unspecified atom stereocenters. The average Bonchev–Trinajstić information content (AvgIpc) is 3.69. The van der Waals surface area contributed by atoms with Gasteiger partial charge in [-0.25, -0.2) is 0 Å². The first-order valence-corrected chi connectivity index (χ1v) is 15.2. The van der Waals surface area contributed by atoms with Crippen molar-refractivity contribution in [1.82, 2.24) is 34.7 Å². The van der Waals surface area contributed by atoms with Gasteiger partial charge in [-0.1, -0.05) is 24.5 Å². The van der Waals surface area contributed by atoms with Crippen molar-refractivity contribution in [3.63, 3.8) is 0 Å². The van der Waals surface area contributed by atoms with E-state index in [2.05, 4.69) is 20.7 Å². The Morgan fingerprint density at radius 3 is 2.42 bits per heavy atom. The Morgan fingerprint density at radius 1 is 0.911 bits per heavy atom. The highest BCUT2D eigenvalue weighted by Gasteiger charge is 2.30. The maximum Gasteiger partial charge on any atom is 0.416 e. The third kappa shape index (κ3) is 7.89. The number of nitrogens with two attached hydrogens (primary N) is 1. The molecule has 0 aliphatic heterocycles. The number of primary amides is 1. The fourth-order valence-corrected chi connectivity index (χ4v) is 5.50. The van der Waals surface area contributed by atoms with Crippen molar-refractivity contribution in [3.05, 3.63) is 71.7 Å². The zero-order valence-corrected chi connectivity index (χ0v) is 25.2. The Bertz CT molecular complexity index is 1770. The van der Waals surface area contributed by atoms with E-state index in [1.54, 1.807) is 17.8 Å². The number of carbonyl (C=O) groups excluding carboxylic acids is 2. The molecule has 0 saturated heterocycles. The monoisotopic (exact) mass is 622 g/mol. The van der Waals surface area contributed by atoms with Gasteiger partial charge in [0.25, 0.3) is 5.91 Å². The van der Waals surface area contributed by atoms with Crippen molar-refractivity contribution in [2.45, 2.75) is 70.5 Å². The number of benzene rings is 2. The van der Waals surface area contributed by atoms with Crippen LogP contribution in [0, 0.1) is 0 Å². The summed E-state index contributed by atoms with van der Waals surface area (Å²) in [7, 11) is 1.78. The number of halogens is 3. The Hall–Kier alpha value is -4.68. The molecule has 3 aromatic heterocycles. The lowest BCUT2D eigenvalue weighted by Crippen LogP contribution is -2.24. The van der Waals surface area contributed by atoms with E-state index in [0.717, 1.165) is 92.0 Å². The molecule has 5 rings (SSSR count). The number of nitrogens with zero attached hydrogens (tertiary/aromatic N) is 6. The number of fused-ring (bicyclic) bond motifs is 3. The van der Waals surface area contributed by atoms with Gasteiger partial charge in [0.2, 0.25) is 5.91 Å². The van der Waals surface area contributed by atoms with Crippen LogP contribution in [0.15, 0.2) is 54.9 Å². The Labute approximate surface area is 258 Å². The summed E-state index contributed by atoms with van der Waals surface area (Å²) in [6, 6.07) is 10.3. The fourth-order valence-electron chi connectivity index (χ4n) is 5.50. The molecule has 3 N–H and O–H groups in total. The van der Waals surface area contributed by atoms with Crippen molar-refractivity contribution in [1.29, 1.82) is 0 Å². The molecule has 5 aromatic rings. The van der Waals surface area contributed by atoms with E-state index >= 15 is 0 Å². The SMILES string of the molecule is Cn1cc2c3cc(C(=O)NCCCCCCn4cc(CCCCCC(N)=O)nn4)ccc3n(-c3ccc(C(F)(F)F)cc3)c2n1. The summed E-state index contributed by atoms with van der Waals surface area (Å²) >= 11 is 0. The fraction of sp³-hybridized carbons (Fsp3) is 0.406. The summed E-state index contributed by atoms with van der Waals surface area (Å²) in [6.07, 6.45) is 7.13. The molecule has 0 atom stereocenters. The lowest BCUT2D eigenvalue weighted by Gasteiger charge is -2.10. The van der Waals surface area contributed by atoms with Gasteiger partial charge < -0.3 is 11.1 Å². The molecule has 2 aromatic carbocycles. The van der Waals surface area contributed by atoms with Crippen LogP contribution in [0.1, 0.15) is 73.0 Å². The molecular formula is C32H37F3N8O2. The van der Waals surface area contributed by atoms with Gasteiger partial charge in [-0.05, 0) is 74.6 Å². The van der Waals surface area contributed by atoms with E-state index in [4.69, 9.17) is 5.73 Å². The van der Waals surface area contributed by atoms with Gasteiger partial charge in [0.05, 0.1) is 16.8 Å². The molecule has 2 amide bonds. The third-order valence-corrected chi connectivity index (χ3v) is 7.81. The molecule has 238 valence electrons. The van der Waals surface area contributed by atoms with Crippen LogP contribution in [0.3, 0.4) is 0 Å². The van der Waals surface area contributed by atoms with Crippen LogP contribution in [0.25, 0.3) is 27.6 Å². The van der Waals surface area contributed by atoms with E-state index in [-0.39, 0.29) is 11.8 Å². The van der Waals surface area contributed by atoms with E-state index in [1.165, 1.54) is 12.1 Å². The first-order chi connectivity index (χ1) is 21.6. The first-order valence-electron chi connectivity index (χ1n) is 15.2. The molecule has 0 radical (unpaired) electrons. The number of nitrogens with one attached hydrogen (secondary N) is 1. The molecule has 0 aliphatic rings. The Morgan fingerprint density at radius 2 is 1.67 bits per heavy atom. The molecule has 0 fully saturated rings. The molecule has 0 bridgehead atoms. The third-order valence-electron chi connectivity index (χ3n) is 7.81.